The number of benzene rings is 1. The third-order valence-corrected chi connectivity index (χ3v) is 2.41. The first-order valence-electron chi connectivity index (χ1n) is 2.78. The van der Waals surface area contributed by atoms with E-state index in [1.165, 1.54) is 0 Å². The summed E-state index contributed by atoms with van der Waals surface area (Å²) in [5.41, 5.74) is 0.904. The molecular weight excluding hydrogens is 215 g/mol. The molecule has 10 heavy (non-hydrogen) atoms. The lowest BCUT2D eigenvalue weighted by molar-refractivity contribution is 0.471. The molecule has 0 aromatic heterocycles. The lowest BCUT2D eigenvalue weighted by Crippen LogP contribution is -1.79. The van der Waals surface area contributed by atoms with Crippen LogP contribution >= 0.6 is 27.5 Å². The van der Waals surface area contributed by atoms with Crippen LogP contribution in [-0.2, 0) is 5.88 Å². The molecule has 0 saturated heterocycles. The number of halogens is 2. The van der Waals surface area contributed by atoms with Gasteiger partial charge in [0.05, 0.1) is 4.47 Å². The predicted molar refractivity (Wildman–Crippen MR) is 45.4 cm³/mol. The summed E-state index contributed by atoms with van der Waals surface area (Å²) in [7, 11) is 0. The van der Waals surface area contributed by atoms with E-state index in [9.17, 15) is 0 Å². The van der Waals surface area contributed by atoms with Gasteiger partial charge in [-0.2, -0.15) is 0 Å². The largest absolute Gasteiger partial charge is 0.507 e. The number of phenols is 1. The maximum atomic E-state index is 9.13. The van der Waals surface area contributed by atoms with Crippen LogP contribution in [0.25, 0.3) is 0 Å². The number of rotatable bonds is 1. The van der Waals surface area contributed by atoms with E-state index in [2.05, 4.69) is 15.9 Å². The normalized spacial score (nSPS) is 9.80. The maximum absolute atomic E-state index is 9.13. The van der Waals surface area contributed by atoms with Gasteiger partial charge >= 0.3 is 0 Å². The Morgan fingerprint density at radius 1 is 1.50 bits per heavy atom. The van der Waals surface area contributed by atoms with Crippen LogP contribution in [0.3, 0.4) is 0 Å². The summed E-state index contributed by atoms with van der Waals surface area (Å²) in [6.07, 6.45) is 0. The highest BCUT2D eigenvalue weighted by Crippen LogP contribution is 2.27. The van der Waals surface area contributed by atoms with E-state index in [-0.39, 0.29) is 5.75 Å². The van der Waals surface area contributed by atoms with Gasteiger partial charge in [-0.1, -0.05) is 12.1 Å². The Kier molecular flexibility index (Phi) is 2.57. The highest BCUT2D eigenvalue weighted by Gasteiger charge is 2.00. The minimum absolute atomic E-state index is 0.234. The fourth-order valence-corrected chi connectivity index (χ4v) is 1.46. The fraction of sp³-hybridized carbons (Fsp3) is 0.143. The van der Waals surface area contributed by atoms with Gasteiger partial charge in [-0.05, 0) is 27.6 Å². The molecule has 1 nitrogen and oxygen atoms in total. The van der Waals surface area contributed by atoms with Gasteiger partial charge in [-0.25, -0.2) is 0 Å². The van der Waals surface area contributed by atoms with Crippen LogP contribution in [0.2, 0.25) is 0 Å². The van der Waals surface area contributed by atoms with Crippen LogP contribution in [0.5, 0.6) is 5.75 Å². The topological polar surface area (TPSA) is 20.2 Å². The zero-order valence-electron chi connectivity index (χ0n) is 5.14. The predicted octanol–water partition coefficient (Wildman–Crippen LogP) is 2.89. The Morgan fingerprint density at radius 2 is 2.20 bits per heavy atom. The van der Waals surface area contributed by atoms with Crippen LogP contribution in [0.15, 0.2) is 22.7 Å². The lowest BCUT2D eigenvalue weighted by atomic mass is 10.2. The van der Waals surface area contributed by atoms with Crippen LogP contribution in [0.4, 0.5) is 0 Å². The Balaban J connectivity index is 3.14. The SMILES string of the molecule is Oc1cccc(CCl)c1Br. The molecule has 0 heterocycles. The average Bonchev–Trinajstić information content (AvgIpc) is 1.95. The molecule has 1 rings (SSSR count). The first-order valence-corrected chi connectivity index (χ1v) is 4.10. The van der Waals surface area contributed by atoms with Crippen LogP contribution in [0.1, 0.15) is 5.56 Å². The van der Waals surface area contributed by atoms with Crippen molar-refractivity contribution in [3.63, 3.8) is 0 Å². The second kappa shape index (κ2) is 3.26. The molecule has 1 N–H and O–H groups in total. The molecule has 0 radical (unpaired) electrons. The van der Waals surface area contributed by atoms with Crippen molar-refractivity contribution in [2.45, 2.75) is 5.88 Å². The first kappa shape index (κ1) is 7.89. The van der Waals surface area contributed by atoms with Gasteiger partial charge in [0.2, 0.25) is 0 Å². The van der Waals surface area contributed by atoms with E-state index < -0.39 is 0 Å². The van der Waals surface area contributed by atoms with Gasteiger partial charge in [-0.3, -0.25) is 0 Å². The summed E-state index contributed by atoms with van der Waals surface area (Å²) in [5.74, 6) is 0.646. The van der Waals surface area contributed by atoms with Crippen molar-refractivity contribution in [1.29, 1.82) is 0 Å². The molecule has 0 aliphatic heterocycles. The zero-order valence-corrected chi connectivity index (χ0v) is 7.48. The summed E-state index contributed by atoms with van der Waals surface area (Å²) < 4.78 is 0.685. The van der Waals surface area contributed by atoms with E-state index in [1.807, 2.05) is 6.07 Å². The summed E-state index contributed by atoms with van der Waals surface area (Å²) >= 11 is 8.77. The van der Waals surface area contributed by atoms with Crippen LogP contribution < -0.4 is 0 Å². The van der Waals surface area contributed by atoms with Crippen molar-refractivity contribution < 1.29 is 5.11 Å². The molecular formula is C7H6BrClO. The van der Waals surface area contributed by atoms with Crippen molar-refractivity contribution >= 4 is 27.5 Å². The molecule has 0 unspecified atom stereocenters. The van der Waals surface area contributed by atoms with Gasteiger partial charge < -0.3 is 5.11 Å². The van der Waals surface area contributed by atoms with Gasteiger partial charge in [0.25, 0.3) is 0 Å². The fourth-order valence-electron chi connectivity index (χ4n) is 0.669. The van der Waals surface area contributed by atoms with Gasteiger partial charge in [0.15, 0.2) is 0 Å². The van der Waals surface area contributed by atoms with Gasteiger partial charge in [0.1, 0.15) is 5.75 Å². The van der Waals surface area contributed by atoms with E-state index >= 15 is 0 Å². The Labute approximate surface area is 72.8 Å². The molecule has 0 aliphatic rings. The van der Waals surface area contributed by atoms with Gasteiger partial charge in [-0.15, -0.1) is 11.6 Å². The third-order valence-electron chi connectivity index (χ3n) is 1.20. The van der Waals surface area contributed by atoms with Crippen LogP contribution in [-0.4, -0.2) is 5.11 Å². The molecule has 0 amide bonds. The number of hydrogen-bond acceptors (Lipinski definition) is 1. The Hall–Kier alpha value is -0.210. The molecule has 0 bridgehead atoms. The molecule has 54 valence electrons. The zero-order chi connectivity index (χ0) is 7.56. The molecule has 0 atom stereocenters. The minimum Gasteiger partial charge on any atom is -0.507 e. The third kappa shape index (κ3) is 1.44. The highest BCUT2D eigenvalue weighted by atomic mass is 79.9. The molecule has 1 aromatic carbocycles. The second-order valence-corrected chi connectivity index (χ2v) is 2.94. The van der Waals surface area contributed by atoms with E-state index in [0.29, 0.717) is 10.4 Å². The maximum Gasteiger partial charge on any atom is 0.130 e. The smallest absolute Gasteiger partial charge is 0.130 e. The van der Waals surface area contributed by atoms with Crippen molar-refractivity contribution in [2.24, 2.45) is 0 Å². The first-order chi connectivity index (χ1) is 4.75. The summed E-state index contributed by atoms with van der Waals surface area (Å²) in [6, 6.07) is 5.23. The van der Waals surface area contributed by atoms with Crippen molar-refractivity contribution in [1.82, 2.24) is 0 Å². The lowest BCUT2D eigenvalue weighted by Gasteiger charge is -2.00. The Morgan fingerprint density at radius 3 is 2.70 bits per heavy atom. The van der Waals surface area contributed by atoms with Crippen molar-refractivity contribution in [3.8, 4) is 5.75 Å². The Bertz CT molecular complexity index is 237. The molecule has 0 fully saturated rings. The standard InChI is InChI=1S/C7H6BrClO/c8-7-5(4-9)2-1-3-6(7)10/h1-3,10H,4H2. The number of hydrogen-bond donors (Lipinski definition) is 1. The quantitative estimate of drug-likeness (QED) is 0.723. The second-order valence-electron chi connectivity index (χ2n) is 1.88. The van der Waals surface area contributed by atoms with Crippen molar-refractivity contribution in [3.05, 3.63) is 28.2 Å². The minimum atomic E-state index is 0.234. The number of aromatic hydroxyl groups is 1. The van der Waals surface area contributed by atoms with E-state index in [0.717, 1.165) is 5.56 Å². The van der Waals surface area contributed by atoms with Crippen molar-refractivity contribution in [2.75, 3.05) is 0 Å². The van der Waals surface area contributed by atoms with Crippen LogP contribution in [0, 0.1) is 0 Å². The van der Waals surface area contributed by atoms with E-state index in [1.54, 1.807) is 12.1 Å². The number of alkyl halides is 1. The molecule has 1 aromatic rings. The average molecular weight is 221 g/mol. The summed E-state index contributed by atoms with van der Waals surface area (Å²) in [4.78, 5) is 0. The molecule has 3 heteroatoms. The molecule has 0 saturated carbocycles. The summed E-state index contributed by atoms with van der Waals surface area (Å²) in [5, 5.41) is 9.13. The van der Waals surface area contributed by atoms with Gasteiger partial charge in [0, 0.05) is 5.88 Å². The monoisotopic (exact) mass is 220 g/mol. The summed E-state index contributed by atoms with van der Waals surface area (Å²) in [6.45, 7) is 0. The molecule has 0 aliphatic carbocycles. The van der Waals surface area contributed by atoms with E-state index in [4.69, 9.17) is 16.7 Å². The number of phenolic OH excluding ortho intramolecular Hbond substituents is 1. The molecule has 0 spiro atoms. The highest BCUT2D eigenvalue weighted by molar-refractivity contribution is 9.10.